The summed E-state index contributed by atoms with van der Waals surface area (Å²) >= 11 is 6.14. The van der Waals surface area contributed by atoms with Gasteiger partial charge < -0.3 is 9.80 Å². The molecule has 184 valence electrons. The van der Waals surface area contributed by atoms with E-state index in [1.165, 1.54) is 12.1 Å². The summed E-state index contributed by atoms with van der Waals surface area (Å²) in [6.07, 6.45) is 0. The molecule has 6 nitrogen and oxygen atoms in total. The molecule has 1 saturated heterocycles. The van der Waals surface area contributed by atoms with Crippen LogP contribution in [0.1, 0.15) is 5.56 Å². The van der Waals surface area contributed by atoms with Crippen LogP contribution in [0.4, 0.5) is 20.2 Å². The Morgan fingerprint density at radius 3 is 2.09 bits per heavy atom. The molecule has 0 spiro atoms. The number of amides is 1. The molecule has 1 aliphatic rings. The minimum atomic E-state index is -4.21. The lowest BCUT2D eigenvalue weighted by atomic mass is 10.1. The number of benzene rings is 3. The standard InChI is InChI=1S/C25H24ClF2N3O3S/c1-18-2-3-19(26)16-24(18)29-12-14-30(15-13-29)25(32)17-31(22-8-4-20(27)5-9-22)35(33,34)23-10-6-21(28)7-11-23/h2-11,16H,12-15,17H2,1H3. The van der Waals surface area contributed by atoms with Crippen molar-refractivity contribution in [2.45, 2.75) is 11.8 Å². The predicted octanol–water partition coefficient (Wildman–Crippen LogP) is 4.47. The molecule has 4 rings (SSSR count). The zero-order chi connectivity index (χ0) is 25.2. The van der Waals surface area contributed by atoms with E-state index in [4.69, 9.17) is 11.6 Å². The van der Waals surface area contributed by atoms with Gasteiger partial charge in [-0.05, 0) is 73.2 Å². The molecular formula is C25H24ClF2N3O3S. The number of anilines is 2. The third-order valence-corrected chi connectivity index (χ3v) is 7.96. The van der Waals surface area contributed by atoms with Crippen molar-refractivity contribution in [3.05, 3.63) is 89.0 Å². The van der Waals surface area contributed by atoms with Gasteiger partial charge in [-0.1, -0.05) is 17.7 Å². The van der Waals surface area contributed by atoms with E-state index in [9.17, 15) is 22.0 Å². The van der Waals surface area contributed by atoms with Crippen LogP contribution in [0.5, 0.6) is 0 Å². The van der Waals surface area contributed by atoms with Crippen LogP contribution in [0.3, 0.4) is 0 Å². The average Bonchev–Trinajstić information content (AvgIpc) is 2.85. The van der Waals surface area contributed by atoms with Crippen molar-refractivity contribution in [2.24, 2.45) is 0 Å². The van der Waals surface area contributed by atoms with Crippen molar-refractivity contribution in [3.8, 4) is 0 Å². The van der Waals surface area contributed by atoms with Crippen molar-refractivity contribution in [1.29, 1.82) is 0 Å². The zero-order valence-corrected chi connectivity index (χ0v) is 20.6. The maximum atomic E-state index is 13.5. The van der Waals surface area contributed by atoms with E-state index < -0.39 is 28.2 Å². The Balaban J connectivity index is 1.53. The summed E-state index contributed by atoms with van der Waals surface area (Å²) in [5.41, 5.74) is 2.20. The second-order valence-electron chi connectivity index (χ2n) is 8.24. The molecule has 1 amide bonds. The smallest absolute Gasteiger partial charge is 0.264 e. The van der Waals surface area contributed by atoms with E-state index in [-0.39, 0.29) is 16.5 Å². The summed E-state index contributed by atoms with van der Waals surface area (Å²) in [6, 6.07) is 14.8. The molecule has 0 radical (unpaired) electrons. The van der Waals surface area contributed by atoms with E-state index in [0.29, 0.717) is 31.2 Å². The number of rotatable bonds is 6. The lowest BCUT2D eigenvalue weighted by molar-refractivity contribution is -0.129. The van der Waals surface area contributed by atoms with Crippen LogP contribution in [0.15, 0.2) is 71.6 Å². The monoisotopic (exact) mass is 519 g/mol. The molecule has 0 bridgehead atoms. The molecule has 3 aromatic rings. The molecule has 1 heterocycles. The molecule has 1 aliphatic heterocycles. The van der Waals surface area contributed by atoms with Crippen LogP contribution in [-0.4, -0.2) is 51.9 Å². The van der Waals surface area contributed by atoms with Gasteiger partial charge in [-0.2, -0.15) is 0 Å². The summed E-state index contributed by atoms with van der Waals surface area (Å²) in [5.74, 6) is -1.50. The van der Waals surface area contributed by atoms with Gasteiger partial charge in [0.25, 0.3) is 10.0 Å². The Kier molecular flexibility index (Phi) is 7.28. The van der Waals surface area contributed by atoms with Gasteiger partial charge in [-0.25, -0.2) is 17.2 Å². The van der Waals surface area contributed by atoms with E-state index in [1.54, 1.807) is 4.90 Å². The van der Waals surface area contributed by atoms with Gasteiger partial charge in [0.2, 0.25) is 5.91 Å². The van der Waals surface area contributed by atoms with Crippen LogP contribution in [-0.2, 0) is 14.8 Å². The highest BCUT2D eigenvalue weighted by atomic mass is 35.5. The number of piperazine rings is 1. The minimum absolute atomic E-state index is 0.136. The predicted molar refractivity (Wildman–Crippen MR) is 132 cm³/mol. The Hall–Kier alpha value is -3.17. The first-order valence-electron chi connectivity index (χ1n) is 11.0. The number of aryl methyl sites for hydroxylation is 1. The van der Waals surface area contributed by atoms with Gasteiger partial charge in [0, 0.05) is 36.9 Å². The van der Waals surface area contributed by atoms with Gasteiger partial charge >= 0.3 is 0 Å². The Bertz CT molecular complexity index is 1310. The van der Waals surface area contributed by atoms with Crippen molar-refractivity contribution in [1.82, 2.24) is 4.90 Å². The fourth-order valence-corrected chi connectivity index (χ4v) is 5.58. The summed E-state index contributed by atoms with van der Waals surface area (Å²) in [6.45, 7) is 3.45. The molecular weight excluding hydrogens is 496 g/mol. The highest BCUT2D eigenvalue weighted by Gasteiger charge is 2.30. The highest BCUT2D eigenvalue weighted by molar-refractivity contribution is 7.92. The molecule has 0 N–H and O–H groups in total. The highest BCUT2D eigenvalue weighted by Crippen LogP contribution is 2.27. The number of halogens is 3. The van der Waals surface area contributed by atoms with Crippen LogP contribution in [0, 0.1) is 18.6 Å². The molecule has 1 fully saturated rings. The van der Waals surface area contributed by atoms with Crippen LogP contribution < -0.4 is 9.21 Å². The summed E-state index contributed by atoms with van der Waals surface area (Å²) in [7, 11) is -4.21. The number of sulfonamides is 1. The molecule has 0 atom stereocenters. The molecule has 3 aromatic carbocycles. The van der Waals surface area contributed by atoms with E-state index in [1.807, 2.05) is 25.1 Å². The lowest BCUT2D eigenvalue weighted by Gasteiger charge is -2.37. The fourth-order valence-electron chi connectivity index (χ4n) is 4.00. The van der Waals surface area contributed by atoms with Crippen LogP contribution in [0.2, 0.25) is 5.02 Å². The number of hydrogen-bond acceptors (Lipinski definition) is 4. The van der Waals surface area contributed by atoms with E-state index in [0.717, 1.165) is 52.0 Å². The normalized spacial score (nSPS) is 14.2. The largest absolute Gasteiger partial charge is 0.368 e. The van der Waals surface area contributed by atoms with Crippen molar-refractivity contribution < 1.29 is 22.0 Å². The number of hydrogen-bond donors (Lipinski definition) is 0. The van der Waals surface area contributed by atoms with E-state index >= 15 is 0 Å². The van der Waals surface area contributed by atoms with E-state index in [2.05, 4.69) is 4.90 Å². The van der Waals surface area contributed by atoms with Gasteiger partial charge in [-0.3, -0.25) is 9.10 Å². The molecule has 0 aromatic heterocycles. The summed E-state index contributed by atoms with van der Waals surface area (Å²) in [5, 5.41) is 0.630. The Morgan fingerprint density at radius 1 is 0.914 bits per heavy atom. The first-order chi connectivity index (χ1) is 16.6. The minimum Gasteiger partial charge on any atom is -0.368 e. The van der Waals surface area contributed by atoms with Crippen molar-refractivity contribution in [2.75, 3.05) is 41.9 Å². The Labute approximate surface area is 208 Å². The quantitative estimate of drug-likeness (QED) is 0.482. The van der Waals surface area contributed by atoms with Crippen LogP contribution in [0.25, 0.3) is 0 Å². The Morgan fingerprint density at radius 2 is 1.49 bits per heavy atom. The first-order valence-corrected chi connectivity index (χ1v) is 12.8. The van der Waals surface area contributed by atoms with Gasteiger partial charge in [0.05, 0.1) is 10.6 Å². The molecule has 35 heavy (non-hydrogen) atoms. The van der Waals surface area contributed by atoms with Gasteiger partial charge in [0.1, 0.15) is 18.2 Å². The second-order valence-corrected chi connectivity index (χ2v) is 10.5. The number of nitrogens with zero attached hydrogens (tertiary/aromatic N) is 3. The fraction of sp³-hybridized carbons (Fsp3) is 0.240. The van der Waals surface area contributed by atoms with Crippen molar-refractivity contribution >= 4 is 38.9 Å². The summed E-state index contributed by atoms with van der Waals surface area (Å²) in [4.78, 5) is 16.8. The molecule has 0 unspecified atom stereocenters. The summed E-state index contributed by atoms with van der Waals surface area (Å²) < 4.78 is 54.5. The first kappa shape index (κ1) is 24.9. The second kappa shape index (κ2) is 10.2. The average molecular weight is 520 g/mol. The molecule has 0 saturated carbocycles. The SMILES string of the molecule is Cc1ccc(Cl)cc1N1CCN(C(=O)CN(c2ccc(F)cc2)S(=O)(=O)c2ccc(F)cc2)CC1. The zero-order valence-electron chi connectivity index (χ0n) is 19.0. The molecule has 0 aliphatic carbocycles. The topological polar surface area (TPSA) is 60.9 Å². The number of carbonyl (C=O) groups is 1. The molecule has 10 heteroatoms. The van der Waals surface area contributed by atoms with Crippen LogP contribution >= 0.6 is 11.6 Å². The number of carbonyl (C=O) groups excluding carboxylic acids is 1. The van der Waals surface area contributed by atoms with Gasteiger partial charge in [0.15, 0.2) is 0 Å². The lowest BCUT2D eigenvalue weighted by Crippen LogP contribution is -2.52. The third kappa shape index (κ3) is 5.57. The van der Waals surface area contributed by atoms with Gasteiger partial charge in [-0.15, -0.1) is 0 Å². The maximum Gasteiger partial charge on any atom is 0.264 e. The van der Waals surface area contributed by atoms with Crippen molar-refractivity contribution in [3.63, 3.8) is 0 Å². The maximum absolute atomic E-state index is 13.5. The third-order valence-electron chi connectivity index (χ3n) is 5.94.